The van der Waals surface area contributed by atoms with Gasteiger partial charge in [0.25, 0.3) is 0 Å². The SMILES string of the molecule is CN(C)C(CNC(=O)Nc1cccnc1-n1cccn1)c1cccs1. The van der Waals surface area contributed by atoms with E-state index in [1.54, 1.807) is 52.8 Å². The molecule has 1 unspecified atom stereocenters. The number of nitrogens with one attached hydrogen (secondary N) is 2. The molecule has 3 heterocycles. The van der Waals surface area contributed by atoms with Crippen molar-refractivity contribution in [1.82, 2.24) is 25.0 Å². The predicted molar refractivity (Wildman–Crippen MR) is 99.1 cm³/mol. The van der Waals surface area contributed by atoms with Crippen molar-refractivity contribution in [2.24, 2.45) is 0 Å². The highest BCUT2D eigenvalue weighted by Crippen LogP contribution is 2.22. The van der Waals surface area contributed by atoms with Crippen LogP contribution >= 0.6 is 11.3 Å². The molecule has 2 amide bonds. The second-order valence-electron chi connectivity index (χ2n) is 5.66. The summed E-state index contributed by atoms with van der Waals surface area (Å²) in [5, 5.41) is 12.0. The molecule has 0 spiro atoms. The maximum atomic E-state index is 12.3. The highest BCUT2D eigenvalue weighted by molar-refractivity contribution is 7.10. The summed E-state index contributed by atoms with van der Waals surface area (Å²) in [7, 11) is 4.00. The number of carbonyl (C=O) groups excluding carboxylic acids is 1. The molecule has 7 nitrogen and oxygen atoms in total. The number of nitrogens with zero attached hydrogens (tertiary/aromatic N) is 4. The van der Waals surface area contributed by atoms with Crippen LogP contribution in [-0.4, -0.2) is 46.3 Å². The third-order valence-corrected chi connectivity index (χ3v) is 4.68. The molecule has 0 radical (unpaired) electrons. The van der Waals surface area contributed by atoms with Gasteiger partial charge in [-0.05, 0) is 43.7 Å². The van der Waals surface area contributed by atoms with Crippen molar-refractivity contribution in [3.05, 3.63) is 59.2 Å². The molecule has 0 aromatic carbocycles. The van der Waals surface area contributed by atoms with E-state index in [9.17, 15) is 4.79 Å². The average molecular weight is 356 g/mol. The van der Waals surface area contributed by atoms with Crippen molar-refractivity contribution in [3.8, 4) is 5.82 Å². The van der Waals surface area contributed by atoms with Crippen molar-refractivity contribution in [1.29, 1.82) is 0 Å². The summed E-state index contributed by atoms with van der Waals surface area (Å²) >= 11 is 1.68. The first-order valence-corrected chi connectivity index (χ1v) is 8.73. The maximum Gasteiger partial charge on any atom is 0.319 e. The Morgan fingerprint density at radius 1 is 1.28 bits per heavy atom. The summed E-state index contributed by atoms with van der Waals surface area (Å²) in [5.41, 5.74) is 0.598. The van der Waals surface area contributed by atoms with E-state index < -0.39 is 0 Å². The van der Waals surface area contributed by atoms with E-state index in [2.05, 4.69) is 31.7 Å². The van der Waals surface area contributed by atoms with E-state index in [0.29, 0.717) is 18.1 Å². The second kappa shape index (κ2) is 7.91. The standard InChI is InChI=1S/C17H20N6OS/c1-22(2)14(15-7-4-11-25-15)12-19-17(24)21-13-6-3-8-18-16(13)23-10-5-9-20-23/h3-11,14H,12H2,1-2H3,(H2,19,21,24). The van der Waals surface area contributed by atoms with Crippen LogP contribution in [0.25, 0.3) is 5.82 Å². The van der Waals surface area contributed by atoms with Crippen LogP contribution in [0.1, 0.15) is 10.9 Å². The Labute approximate surface area is 150 Å². The lowest BCUT2D eigenvalue weighted by Crippen LogP contribution is -2.36. The molecule has 25 heavy (non-hydrogen) atoms. The molecule has 8 heteroatoms. The summed E-state index contributed by atoms with van der Waals surface area (Å²) in [4.78, 5) is 19.9. The van der Waals surface area contributed by atoms with Crippen LogP contribution in [0.15, 0.2) is 54.3 Å². The number of thiophene rings is 1. The lowest BCUT2D eigenvalue weighted by molar-refractivity contribution is 0.244. The quantitative estimate of drug-likeness (QED) is 0.712. The predicted octanol–water partition coefficient (Wildman–Crippen LogP) is 2.75. The zero-order valence-electron chi connectivity index (χ0n) is 14.1. The van der Waals surface area contributed by atoms with E-state index in [1.165, 1.54) is 4.88 Å². The van der Waals surface area contributed by atoms with E-state index in [0.717, 1.165) is 0 Å². The molecule has 0 saturated carbocycles. The van der Waals surface area contributed by atoms with Crippen LogP contribution in [0.2, 0.25) is 0 Å². The fourth-order valence-electron chi connectivity index (χ4n) is 2.45. The van der Waals surface area contributed by atoms with Gasteiger partial charge >= 0.3 is 6.03 Å². The molecule has 3 aromatic heterocycles. The largest absolute Gasteiger partial charge is 0.336 e. The molecule has 0 saturated heterocycles. The zero-order chi connectivity index (χ0) is 17.6. The number of anilines is 1. The van der Waals surface area contributed by atoms with Gasteiger partial charge in [0.1, 0.15) is 0 Å². The summed E-state index contributed by atoms with van der Waals surface area (Å²) < 4.78 is 1.61. The fraction of sp³-hybridized carbons (Fsp3) is 0.235. The first kappa shape index (κ1) is 17.1. The third kappa shape index (κ3) is 4.23. The third-order valence-electron chi connectivity index (χ3n) is 3.71. The van der Waals surface area contributed by atoms with Crippen molar-refractivity contribution in [2.45, 2.75) is 6.04 Å². The van der Waals surface area contributed by atoms with Crippen LogP contribution in [-0.2, 0) is 0 Å². The number of hydrogen-bond donors (Lipinski definition) is 2. The number of pyridine rings is 1. The van der Waals surface area contributed by atoms with Crippen LogP contribution in [0, 0.1) is 0 Å². The van der Waals surface area contributed by atoms with Crippen molar-refractivity contribution in [3.63, 3.8) is 0 Å². The molecule has 0 aliphatic rings. The number of amides is 2. The van der Waals surface area contributed by atoms with E-state index in [4.69, 9.17) is 0 Å². The van der Waals surface area contributed by atoms with Gasteiger partial charge in [0.15, 0.2) is 5.82 Å². The Morgan fingerprint density at radius 3 is 2.84 bits per heavy atom. The van der Waals surface area contributed by atoms with Crippen LogP contribution in [0.5, 0.6) is 0 Å². The lowest BCUT2D eigenvalue weighted by atomic mass is 10.2. The molecule has 130 valence electrons. The van der Waals surface area contributed by atoms with Gasteiger partial charge in [0, 0.05) is 30.0 Å². The smallest absolute Gasteiger partial charge is 0.319 e. The molecule has 2 N–H and O–H groups in total. The van der Waals surface area contributed by atoms with Crippen LogP contribution in [0.3, 0.4) is 0 Å². The van der Waals surface area contributed by atoms with E-state index >= 15 is 0 Å². The zero-order valence-corrected chi connectivity index (χ0v) is 14.9. The lowest BCUT2D eigenvalue weighted by Gasteiger charge is -2.23. The molecular formula is C17H20N6OS. The minimum Gasteiger partial charge on any atom is -0.336 e. The van der Waals surface area contributed by atoms with Gasteiger partial charge in [0.05, 0.1) is 11.7 Å². The van der Waals surface area contributed by atoms with Gasteiger partial charge < -0.3 is 15.5 Å². The Balaban J connectivity index is 1.65. The molecule has 0 aliphatic heterocycles. The van der Waals surface area contributed by atoms with Crippen LogP contribution in [0.4, 0.5) is 10.5 Å². The summed E-state index contributed by atoms with van der Waals surface area (Å²) in [5.74, 6) is 0.574. The van der Waals surface area contributed by atoms with Gasteiger partial charge in [-0.3, -0.25) is 0 Å². The van der Waals surface area contributed by atoms with Gasteiger partial charge in [0.2, 0.25) is 0 Å². The molecule has 1 atom stereocenters. The summed E-state index contributed by atoms with van der Waals surface area (Å²) in [6, 6.07) is 9.33. The normalized spacial score (nSPS) is 12.1. The first-order chi connectivity index (χ1) is 12.1. The van der Waals surface area contributed by atoms with Crippen molar-refractivity contribution >= 4 is 23.1 Å². The summed E-state index contributed by atoms with van der Waals surface area (Å²) in [6.45, 7) is 0.511. The number of aromatic nitrogens is 3. The fourth-order valence-corrected chi connectivity index (χ4v) is 3.37. The second-order valence-corrected chi connectivity index (χ2v) is 6.63. The molecule has 3 aromatic rings. The average Bonchev–Trinajstić information content (AvgIpc) is 3.29. The first-order valence-electron chi connectivity index (χ1n) is 7.85. The minimum atomic E-state index is -0.273. The Hall–Kier alpha value is -2.71. The topological polar surface area (TPSA) is 75.1 Å². The number of hydrogen-bond acceptors (Lipinski definition) is 5. The Kier molecular flexibility index (Phi) is 5.42. The van der Waals surface area contributed by atoms with Gasteiger partial charge in [-0.2, -0.15) is 5.10 Å². The molecule has 3 rings (SSSR count). The molecule has 0 aliphatic carbocycles. The van der Waals surface area contributed by atoms with Gasteiger partial charge in [-0.15, -0.1) is 11.3 Å². The van der Waals surface area contributed by atoms with E-state index in [1.807, 2.05) is 25.5 Å². The minimum absolute atomic E-state index is 0.130. The van der Waals surface area contributed by atoms with Crippen LogP contribution < -0.4 is 10.6 Å². The van der Waals surface area contributed by atoms with E-state index in [-0.39, 0.29) is 12.1 Å². The molecular weight excluding hydrogens is 336 g/mol. The number of likely N-dealkylation sites (N-methyl/N-ethyl adjacent to an activating group) is 1. The monoisotopic (exact) mass is 356 g/mol. The maximum absolute atomic E-state index is 12.3. The van der Waals surface area contributed by atoms with Gasteiger partial charge in [-0.1, -0.05) is 6.07 Å². The van der Waals surface area contributed by atoms with Crippen molar-refractivity contribution < 1.29 is 4.79 Å². The molecule has 0 bridgehead atoms. The van der Waals surface area contributed by atoms with Gasteiger partial charge in [-0.25, -0.2) is 14.5 Å². The number of urea groups is 1. The number of carbonyl (C=O) groups is 1. The highest BCUT2D eigenvalue weighted by Gasteiger charge is 2.17. The number of rotatable bonds is 6. The summed E-state index contributed by atoms with van der Waals surface area (Å²) in [6.07, 6.45) is 5.12. The molecule has 0 fully saturated rings. The van der Waals surface area contributed by atoms with Crippen molar-refractivity contribution in [2.75, 3.05) is 26.0 Å². The highest BCUT2D eigenvalue weighted by atomic mass is 32.1. The Bertz CT molecular complexity index is 800. The Morgan fingerprint density at radius 2 is 2.16 bits per heavy atom.